The fourth-order valence-corrected chi connectivity index (χ4v) is 2.98. The summed E-state index contributed by atoms with van der Waals surface area (Å²) in [6.45, 7) is 5.27. The lowest BCUT2D eigenvalue weighted by Gasteiger charge is -2.22. The maximum Gasteiger partial charge on any atom is 0.408 e. The van der Waals surface area contributed by atoms with Gasteiger partial charge in [0.2, 0.25) is 0 Å². The Kier molecular flexibility index (Phi) is 5.62. The standard InChI is InChI=1S/C18H23ClN2O4/c1-18(2,3)25-17(23)20-14(16(22)24-5)9-11-10-21(4)15-12(11)7-6-8-13(15)19/h6-8,10,14H,9H2,1-5H3,(H,20,23)/t14-/m0/s1. The Morgan fingerprint density at radius 3 is 2.60 bits per heavy atom. The normalized spacial score (nSPS) is 12.7. The number of aromatic nitrogens is 1. The van der Waals surface area contributed by atoms with E-state index < -0.39 is 23.7 Å². The summed E-state index contributed by atoms with van der Waals surface area (Å²) >= 11 is 6.26. The largest absolute Gasteiger partial charge is 0.467 e. The molecular weight excluding hydrogens is 344 g/mol. The molecule has 0 aliphatic carbocycles. The third-order valence-corrected chi connectivity index (χ3v) is 3.94. The molecule has 0 spiro atoms. The van der Waals surface area contributed by atoms with Gasteiger partial charge in [-0.3, -0.25) is 0 Å². The van der Waals surface area contributed by atoms with E-state index in [-0.39, 0.29) is 6.42 Å². The van der Waals surface area contributed by atoms with E-state index >= 15 is 0 Å². The number of hydrogen-bond acceptors (Lipinski definition) is 4. The molecule has 1 heterocycles. The summed E-state index contributed by atoms with van der Waals surface area (Å²) in [5.74, 6) is -0.537. The van der Waals surface area contributed by atoms with Gasteiger partial charge in [-0.1, -0.05) is 23.7 Å². The summed E-state index contributed by atoms with van der Waals surface area (Å²) in [6, 6.07) is 4.73. The third kappa shape index (κ3) is 4.66. The molecule has 0 aliphatic heterocycles. The number of esters is 1. The number of benzene rings is 1. The van der Waals surface area contributed by atoms with E-state index in [4.69, 9.17) is 21.1 Å². The van der Waals surface area contributed by atoms with Gasteiger partial charge in [0.25, 0.3) is 0 Å². The summed E-state index contributed by atoms with van der Waals surface area (Å²) in [5.41, 5.74) is 1.10. The summed E-state index contributed by atoms with van der Waals surface area (Å²) < 4.78 is 11.9. The van der Waals surface area contributed by atoms with E-state index in [0.29, 0.717) is 5.02 Å². The van der Waals surface area contributed by atoms with Crippen LogP contribution in [0.2, 0.25) is 5.02 Å². The molecule has 2 rings (SSSR count). The van der Waals surface area contributed by atoms with Crippen LogP contribution in [0.5, 0.6) is 0 Å². The number of amides is 1. The lowest BCUT2D eigenvalue weighted by Crippen LogP contribution is -2.45. The first-order chi connectivity index (χ1) is 11.6. The van der Waals surface area contributed by atoms with Gasteiger partial charge >= 0.3 is 12.1 Å². The molecule has 1 aromatic heterocycles. The van der Waals surface area contributed by atoms with Gasteiger partial charge in [-0.25, -0.2) is 9.59 Å². The van der Waals surface area contributed by atoms with Gasteiger partial charge in [-0.15, -0.1) is 0 Å². The number of hydrogen-bond donors (Lipinski definition) is 1. The van der Waals surface area contributed by atoms with Crippen molar-refractivity contribution in [2.45, 2.75) is 38.8 Å². The second-order valence-electron chi connectivity index (χ2n) is 6.83. The summed E-state index contributed by atoms with van der Waals surface area (Å²) in [7, 11) is 3.16. The molecule has 0 aliphatic rings. The lowest BCUT2D eigenvalue weighted by atomic mass is 10.1. The second kappa shape index (κ2) is 7.35. The Balaban J connectivity index is 2.28. The Bertz CT molecular complexity index is 792. The van der Waals surface area contributed by atoms with Gasteiger partial charge < -0.3 is 19.4 Å². The molecular formula is C18H23ClN2O4. The fraction of sp³-hybridized carbons (Fsp3) is 0.444. The van der Waals surface area contributed by atoms with Crippen LogP contribution in [0.1, 0.15) is 26.3 Å². The van der Waals surface area contributed by atoms with Crippen LogP contribution in [0, 0.1) is 0 Å². The molecule has 0 radical (unpaired) electrons. The minimum absolute atomic E-state index is 0.267. The maximum atomic E-state index is 12.1. The number of fused-ring (bicyclic) bond motifs is 1. The Labute approximate surface area is 152 Å². The number of rotatable bonds is 4. The van der Waals surface area contributed by atoms with Crippen molar-refractivity contribution in [2.75, 3.05) is 7.11 Å². The molecule has 1 amide bonds. The number of aryl methyl sites for hydroxylation is 1. The zero-order valence-corrected chi connectivity index (χ0v) is 15.8. The van der Waals surface area contributed by atoms with Crippen molar-refractivity contribution in [2.24, 2.45) is 7.05 Å². The number of carbonyl (C=O) groups is 2. The molecule has 1 atom stereocenters. The van der Waals surface area contributed by atoms with Crippen LogP contribution in [-0.4, -0.2) is 35.4 Å². The van der Waals surface area contributed by atoms with Crippen molar-refractivity contribution in [3.05, 3.63) is 35.0 Å². The SMILES string of the molecule is COC(=O)[C@H](Cc1cn(C)c2c(Cl)cccc12)NC(=O)OC(C)(C)C. The predicted octanol–water partition coefficient (Wildman–Crippen LogP) is 3.44. The highest BCUT2D eigenvalue weighted by Gasteiger charge is 2.26. The molecule has 1 aromatic carbocycles. The predicted molar refractivity (Wildman–Crippen MR) is 96.8 cm³/mol. The molecule has 6 nitrogen and oxygen atoms in total. The van der Waals surface area contributed by atoms with Crippen LogP contribution >= 0.6 is 11.6 Å². The maximum absolute atomic E-state index is 12.1. The smallest absolute Gasteiger partial charge is 0.408 e. The van der Waals surface area contributed by atoms with Crippen molar-refractivity contribution >= 4 is 34.6 Å². The molecule has 0 saturated carbocycles. The van der Waals surface area contributed by atoms with Gasteiger partial charge in [-0.2, -0.15) is 0 Å². The number of para-hydroxylation sites is 1. The molecule has 25 heavy (non-hydrogen) atoms. The average Bonchev–Trinajstić information content (AvgIpc) is 2.81. The van der Waals surface area contributed by atoms with Gasteiger partial charge in [-0.05, 0) is 32.4 Å². The monoisotopic (exact) mass is 366 g/mol. The molecule has 0 bridgehead atoms. The zero-order chi connectivity index (χ0) is 18.8. The zero-order valence-electron chi connectivity index (χ0n) is 15.1. The van der Waals surface area contributed by atoms with E-state index in [1.807, 2.05) is 36.0 Å². The first-order valence-corrected chi connectivity index (χ1v) is 8.30. The van der Waals surface area contributed by atoms with E-state index in [9.17, 15) is 9.59 Å². The Morgan fingerprint density at radius 1 is 1.32 bits per heavy atom. The van der Waals surface area contributed by atoms with Crippen LogP contribution in [0.4, 0.5) is 4.79 Å². The van der Waals surface area contributed by atoms with E-state index in [1.165, 1.54) is 7.11 Å². The molecule has 0 saturated heterocycles. The van der Waals surface area contributed by atoms with E-state index in [2.05, 4.69) is 5.32 Å². The second-order valence-corrected chi connectivity index (χ2v) is 7.23. The van der Waals surface area contributed by atoms with Crippen LogP contribution in [0.25, 0.3) is 10.9 Å². The van der Waals surface area contributed by atoms with Crippen molar-refractivity contribution in [1.29, 1.82) is 0 Å². The highest BCUT2D eigenvalue weighted by molar-refractivity contribution is 6.35. The topological polar surface area (TPSA) is 69.6 Å². The third-order valence-electron chi connectivity index (χ3n) is 3.64. The minimum atomic E-state index is -0.857. The number of nitrogens with zero attached hydrogens (tertiary/aromatic N) is 1. The number of nitrogens with one attached hydrogen (secondary N) is 1. The van der Waals surface area contributed by atoms with E-state index in [1.54, 1.807) is 20.8 Å². The molecule has 136 valence electrons. The fourth-order valence-electron chi connectivity index (χ4n) is 2.67. The van der Waals surface area contributed by atoms with Gasteiger partial charge in [0.1, 0.15) is 11.6 Å². The average molecular weight is 367 g/mol. The quantitative estimate of drug-likeness (QED) is 0.841. The van der Waals surface area contributed by atoms with Crippen LogP contribution in [0.15, 0.2) is 24.4 Å². The molecule has 0 fully saturated rings. The first-order valence-electron chi connectivity index (χ1n) is 7.92. The Morgan fingerprint density at radius 2 is 2.00 bits per heavy atom. The van der Waals surface area contributed by atoms with Crippen molar-refractivity contribution in [1.82, 2.24) is 9.88 Å². The van der Waals surface area contributed by atoms with Gasteiger partial charge in [0.15, 0.2) is 0 Å². The number of halogens is 1. The van der Waals surface area contributed by atoms with Crippen molar-refractivity contribution in [3.63, 3.8) is 0 Å². The summed E-state index contributed by atoms with van der Waals surface area (Å²) in [4.78, 5) is 24.1. The van der Waals surface area contributed by atoms with Crippen LogP contribution in [-0.2, 0) is 27.7 Å². The number of methoxy groups -OCH3 is 1. The summed E-state index contributed by atoms with van der Waals surface area (Å²) in [5, 5.41) is 4.14. The van der Waals surface area contributed by atoms with Crippen LogP contribution < -0.4 is 5.32 Å². The van der Waals surface area contributed by atoms with E-state index in [0.717, 1.165) is 16.5 Å². The molecule has 1 N–H and O–H groups in total. The van der Waals surface area contributed by atoms with Crippen LogP contribution in [0.3, 0.4) is 0 Å². The lowest BCUT2D eigenvalue weighted by molar-refractivity contribution is -0.143. The highest BCUT2D eigenvalue weighted by atomic mass is 35.5. The van der Waals surface area contributed by atoms with Crippen molar-refractivity contribution < 1.29 is 19.1 Å². The molecule has 0 unspecified atom stereocenters. The number of carbonyl (C=O) groups excluding carboxylic acids is 2. The molecule has 2 aromatic rings. The number of alkyl carbamates (subject to hydrolysis) is 1. The molecule has 7 heteroatoms. The van der Waals surface area contributed by atoms with Gasteiger partial charge in [0, 0.05) is 25.1 Å². The first kappa shape index (κ1) is 19.1. The highest BCUT2D eigenvalue weighted by Crippen LogP contribution is 2.28. The Hall–Kier alpha value is -2.21. The summed E-state index contributed by atoms with van der Waals surface area (Å²) in [6.07, 6.45) is 1.49. The minimum Gasteiger partial charge on any atom is -0.467 e. The number of ether oxygens (including phenoxy) is 2. The van der Waals surface area contributed by atoms with Crippen molar-refractivity contribution in [3.8, 4) is 0 Å². The van der Waals surface area contributed by atoms with Gasteiger partial charge in [0.05, 0.1) is 17.6 Å².